The van der Waals surface area contributed by atoms with Crippen LogP contribution in [0.2, 0.25) is 0 Å². The molecule has 3 nitrogen and oxygen atoms in total. The van der Waals surface area contributed by atoms with Crippen molar-refractivity contribution in [3.05, 3.63) is 161 Å². The number of nitrogens with zero attached hydrogens (tertiary/aromatic N) is 3. The van der Waals surface area contributed by atoms with E-state index in [1.54, 1.807) is 0 Å². The third-order valence-electron chi connectivity index (χ3n) is 8.80. The van der Waals surface area contributed by atoms with Crippen LogP contribution in [0.5, 0.6) is 0 Å². The average Bonchev–Trinajstić information content (AvgIpc) is 3.09. The highest BCUT2D eigenvalue weighted by Crippen LogP contribution is 2.32. The quantitative estimate of drug-likeness (QED) is 0.189. The summed E-state index contributed by atoms with van der Waals surface area (Å²) in [6.45, 7) is 10.7. The molecule has 0 aliphatic heterocycles. The Morgan fingerprint density at radius 3 is 0.851 bits per heavy atom. The van der Waals surface area contributed by atoms with Gasteiger partial charge in [0.2, 0.25) is 0 Å². The summed E-state index contributed by atoms with van der Waals surface area (Å²) in [7, 11) is 0. The molecule has 228 valence electrons. The van der Waals surface area contributed by atoms with Gasteiger partial charge in [-0.1, -0.05) is 150 Å². The van der Waals surface area contributed by atoms with Crippen LogP contribution in [0.15, 0.2) is 133 Å². The van der Waals surface area contributed by atoms with E-state index in [2.05, 4.69) is 168 Å². The van der Waals surface area contributed by atoms with E-state index in [0.29, 0.717) is 17.5 Å². The van der Waals surface area contributed by atoms with E-state index < -0.39 is 0 Å². The molecule has 0 N–H and O–H groups in total. The van der Waals surface area contributed by atoms with Crippen LogP contribution in [-0.4, -0.2) is 15.0 Å². The number of rotatable bonds is 6. The van der Waals surface area contributed by atoms with Crippen molar-refractivity contribution in [3.63, 3.8) is 0 Å². The lowest BCUT2D eigenvalue weighted by atomic mass is 9.93. The SMILES string of the molecule is Cc1ccc(-c2ccc(-c3nc(-c4ccc(-c5ccc(C)cc5)cc4)nc(-c4ccc(-c5c(C)cc(C)cc5C)cc4)n3)cc2)cc1. The summed E-state index contributed by atoms with van der Waals surface area (Å²) in [4.78, 5) is 15.0. The van der Waals surface area contributed by atoms with Gasteiger partial charge in [-0.2, -0.15) is 0 Å². The van der Waals surface area contributed by atoms with E-state index in [9.17, 15) is 0 Å². The summed E-state index contributed by atoms with van der Waals surface area (Å²) in [5.41, 5.74) is 16.4. The van der Waals surface area contributed by atoms with Crippen molar-refractivity contribution in [2.24, 2.45) is 0 Å². The number of benzene rings is 6. The van der Waals surface area contributed by atoms with Crippen LogP contribution in [0.4, 0.5) is 0 Å². The molecule has 0 fully saturated rings. The summed E-state index contributed by atoms with van der Waals surface area (Å²) < 4.78 is 0. The Balaban J connectivity index is 1.28. The van der Waals surface area contributed by atoms with Crippen LogP contribution >= 0.6 is 0 Å². The van der Waals surface area contributed by atoms with Gasteiger partial charge in [0.1, 0.15) is 0 Å². The summed E-state index contributed by atoms with van der Waals surface area (Å²) in [5, 5.41) is 0. The molecular formula is C44H37N3. The molecule has 1 aromatic heterocycles. The van der Waals surface area contributed by atoms with Crippen molar-refractivity contribution in [2.45, 2.75) is 34.6 Å². The van der Waals surface area contributed by atoms with Gasteiger partial charge < -0.3 is 0 Å². The summed E-state index contributed by atoms with van der Waals surface area (Å²) >= 11 is 0. The lowest BCUT2D eigenvalue weighted by Gasteiger charge is -2.13. The number of aromatic nitrogens is 3. The molecule has 0 amide bonds. The number of hydrogen-bond acceptors (Lipinski definition) is 3. The fourth-order valence-electron chi connectivity index (χ4n) is 6.30. The van der Waals surface area contributed by atoms with Crippen LogP contribution in [0.3, 0.4) is 0 Å². The third-order valence-corrected chi connectivity index (χ3v) is 8.80. The minimum Gasteiger partial charge on any atom is -0.208 e. The van der Waals surface area contributed by atoms with Crippen molar-refractivity contribution >= 4 is 0 Å². The highest BCUT2D eigenvalue weighted by molar-refractivity contribution is 5.75. The molecule has 7 rings (SSSR count). The van der Waals surface area contributed by atoms with Crippen molar-refractivity contribution in [2.75, 3.05) is 0 Å². The predicted molar refractivity (Wildman–Crippen MR) is 196 cm³/mol. The second-order valence-corrected chi connectivity index (χ2v) is 12.5. The molecule has 1 heterocycles. The van der Waals surface area contributed by atoms with E-state index in [4.69, 9.17) is 15.0 Å². The maximum absolute atomic E-state index is 5.01. The molecule has 0 spiro atoms. The first kappa shape index (κ1) is 30.0. The summed E-state index contributed by atoms with van der Waals surface area (Å²) in [5.74, 6) is 1.95. The first-order chi connectivity index (χ1) is 22.8. The lowest BCUT2D eigenvalue weighted by Crippen LogP contribution is -2.00. The molecule has 3 heteroatoms. The van der Waals surface area contributed by atoms with Crippen LogP contribution in [0.25, 0.3) is 67.5 Å². The Morgan fingerprint density at radius 2 is 0.532 bits per heavy atom. The van der Waals surface area contributed by atoms with Crippen molar-refractivity contribution < 1.29 is 0 Å². The second-order valence-electron chi connectivity index (χ2n) is 12.5. The first-order valence-electron chi connectivity index (χ1n) is 16.1. The van der Waals surface area contributed by atoms with E-state index in [1.165, 1.54) is 50.1 Å². The van der Waals surface area contributed by atoms with Gasteiger partial charge >= 0.3 is 0 Å². The van der Waals surface area contributed by atoms with Gasteiger partial charge in [-0.05, 0) is 79.1 Å². The molecule has 7 aromatic rings. The number of aryl methyl sites for hydroxylation is 5. The molecule has 0 unspecified atom stereocenters. The molecule has 0 bridgehead atoms. The Hall–Kier alpha value is -5.67. The average molecular weight is 608 g/mol. The van der Waals surface area contributed by atoms with Gasteiger partial charge in [0.05, 0.1) is 0 Å². The zero-order valence-corrected chi connectivity index (χ0v) is 27.5. The minimum atomic E-state index is 0.650. The molecule has 0 saturated carbocycles. The van der Waals surface area contributed by atoms with Crippen molar-refractivity contribution in [1.29, 1.82) is 0 Å². The molecule has 0 atom stereocenters. The van der Waals surface area contributed by atoms with Crippen molar-refractivity contribution in [1.82, 2.24) is 15.0 Å². The zero-order chi connectivity index (χ0) is 32.5. The highest BCUT2D eigenvalue weighted by Gasteiger charge is 2.14. The Bertz CT molecular complexity index is 2050. The molecule has 0 radical (unpaired) electrons. The van der Waals surface area contributed by atoms with E-state index >= 15 is 0 Å². The third kappa shape index (κ3) is 6.39. The summed E-state index contributed by atoms with van der Waals surface area (Å²) in [6.07, 6.45) is 0. The monoisotopic (exact) mass is 607 g/mol. The minimum absolute atomic E-state index is 0.650. The fraction of sp³-hybridized carbons (Fsp3) is 0.114. The van der Waals surface area contributed by atoms with Gasteiger partial charge in [-0.15, -0.1) is 0 Å². The highest BCUT2D eigenvalue weighted by atomic mass is 15.0. The maximum atomic E-state index is 5.01. The molecular weight excluding hydrogens is 571 g/mol. The Kier molecular flexibility index (Phi) is 8.05. The van der Waals surface area contributed by atoms with E-state index in [-0.39, 0.29) is 0 Å². The Morgan fingerprint density at radius 1 is 0.277 bits per heavy atom. The van der Waals surface area contributed by atoms with E-state index in [0.717, 1.165) is 27.8 Å². The van der Waals surface area contributed by atoms with Gasteiger partial charge in [0.15, 0.2) is 17.5 Å². The van der Waals surface area contributed by atoms with Crippen molar-refractivity contribution in [3.8, 4) is 67.5 Å². The largest absolute Gasteiger partial charge is 0.208 e. The van der Waals surface area contributed by atoms with Crippen LogP contribution in [0, 0.1) is 34.6 Å². The molecule has 6 aromatic carbocycles. The van der Waals surface area contributed by atoms with Crippen LogP contribution < -0.4 is 0 Å². The topological polar surface area (TPSA) is 38.7 Å². The molecule has 47 heavy (non-hydrogen) atoms. The maximum Gasteiger partial charge on any atom is 0.164 e. The van der Waals surface area contributed by atoms with Gasteiger partial charge in [0.25, 0.3) is 0 Å². The molecule has 0 saturated heterocycles. The van der Waals surface area contributed by atoms with Crippen LogP contribution in [-0.2, 0) is 0 Å². The standard InChI is InChI=1S/C44H37N3/c1-28-6-10-33(11-7-28)35-14-20-38(21-15-35)42-45-43(39-22-16-36(17-23-39)34-12-8-29(2)9-13-34)47-44(46-42)40-24-18-37(19-25-40)41-31(4)26-30(3)27-32(41)5/h6-27H,1-5H3. The van der Waals surface area contributed by atoms with Gasteiger partial charge in [-0.3, -0.25) is 0 Å². The normalized spacial score (nSPS) is 11.1. The fourth-order valence-corrected chi connectivity index (χ4v) is 6.30. The van der Waals surface area contributed by atoms with E-state index in [1.807, 2.05) is 0 Å². The second kappa shape index (κ2) is 12.6. The molecule has 0 aliphatic rings. The Labute approximate surface area is 277 Å². The number of hydrogen-bond donors (Lipinski definition) is 0. The predicted octanol–water partition coefficient (Wildman–Crippen LogP) is 11.4. The van der Waals surface area contributed by atoms with Crippen LogP contribution in [0.1, 0.15) is 27.8 Å². The molecule has 0 aliphatic carbocycles. The van der Waals surface area contributed by atoms with Gasteiger partial charge in [-0.25, -0.2) is 15.0 Å². The summed E-state index contributed by atoms with van der Waals surface area (Å²) in [6, 6.07) is 47.3. The smallest absolute Gasteiger partial charge is 0.164 e. The van der Waals surface area contributed by atoms with Gasteiger partial charge in [0, 0.05) is 16.7 Å². The lowest BCUT2D eigenvalue weighted by molar-refractivity contribution is 1.07. The zero-order valence-electron chi connectivity index (χ0n) is 27.5. The first-order valence-corrected chi connectivity index (χ1v) is 16.1.